The Kier molecular flexibility index (Phi) is 31.9. The van der Waals surface area contributed by atoms with E-state index in [0.29, 0.717) is 9.79 Å². The average Bonchev–Trinajstić information content (AvgIpc) is 0.978. The summed E-state index contributed by atoms with van der Waals surface area (Å²) in [4.78, 5) is 0.680. The molecule has 0 amide bonds. The number of aryl methyl sites for hydroxylation is 14. The van der Waals surface area contributed by atoms with Gasteiger partial charge in [0.1, 0.15) is 11.5 Å². The van der Waals surface area contributed by atoms with Gasteiger partial charge in [0, 0.05) is 5.41 Å². The Morgan fingerprint density at radius 1 is 0.293 bits per heavy atom. The molecular formula is C88H104O3S. The van der Waals surface area contributed by atoms with Crippen LogP contribution in [-0.4, -0.2) is 8.42 Å². The molecule has 0 aliphatic rings. The summed E-state index contributed by atoms with van der Waals surface area (Å²) in [5.74, 6) is 1.76. The highest BCUT2D eigenvalue weighted by molar-refractivity contribution is 7.91. The fourth-order valence-electron chi connectivity index (χ4n) is 9.02. The van der Waals surface area contributed by atoms with E-state index in [4.69, 9.17) is 4.74 Å². The summed E-state index contributed by atoms with van der Waals surface area (Å²) in [6, 6.07) is 88.4. The van der Waals surface area contributed by atoms with Crippen molar-refractivity contribution in [2.24, 2.45) is 0 Å². The molecule has 4 heteroatoms. The van der Waals surface area contributed by atoms with Crippen LogP contribution in [0.5, 0.6) is 11.5 Å². The van der Waals surface area contributed by atoms with Gasteiger partial charge >= 0.3 is 0 Å². The van der Waals surface area contributed by atoms with Crippen LogP contribution in [0.2, 0.25) is 0 Å². The van der Waals surface area contributed by atoms with Crippen LogP contribution < -0.4 is 4.74 Å². The molecule has 0 N–H and O–H groups in total. The van der Waals surface area contributed by atoms with Gasteiger partial charge in [0.25, 0.3) is 0 Å². The summed E-state index contributed by atoms with van der Waals surface area (Å²) in [6.07, 6.45) is 2.28. The number of benzene rings is 11. The van der Waals surface area contributed by atoms with Crippen LogP contribution in [0.4, 0.5) is 0 Å². The molecule has 0 heterocycles. The number of hydrogen-bond donors (Lipinski definition) is 0. The second kappa shape index (κ2) is 38.8. The second-order valence-electron chi connectivity index (χ2n) is 24.9. The molecule has 0 saturated heterocycles. The molecule has 0 saturated carbocycles. The SMILES string of the molecule is CCC.Cc1ccc(C(C)(C)c2ccc(C)cc2)cc1.Cc1ccc(C)cc1.Cc1ccc(Cc2ccc(C)cc2)cc1.Cc1ccc(Oc2ccc(C)cc2)cc1.Cc1ccc(S(=O)(=O)c2ccc(C)cc2)cc1.Cc1cccc(C)c1.Cc1cccc(C)c1C. The molecule has 0 bridgehead atoms. The molecule has 11 aromatic carbocycles. The minimum absolute atomic E-state index is 0.0708. The van der Waals surface area contributed by atoms with Crippen molar-refractivity contribution in [3.8, 4) is 11.5 Å². The number of ether oxygens (including phenoxy) is 1. The maximum atomic E-state index is 12.3. The lowest BCUT2D eigenvalue weighted by Gasteiger charge is -2.26. The molecule has 0 radical (unpaired) electrons. The number of hydrogen-bond acceptors (Lipinski definition) is 3. The van der Waals surface area contributed by atoms with Gasteiger partial charge in [-0.2, -0.15) is 0 Å². The van der Waals surface area contributed by atoms with E-state index >= 15 is 0 Å². The summed E-state index contributed by atoms with van der Waals surface area (Å²) < 4.78 is 30.2. The van der Waals surface area contributed by atoms with Crippen molar-refractivity contribution in [3.63, 3.8) is 0 Å². The monoisotopic (exact) mass is 1240 g/mol. The first kappa shape index (κ1) is 75.6. The Bertz CT molecular complexity index is 3620. The van der Waals surface area contributed by atoms with E-state index in [1.807, 2.05) is 62.4 Å². The van der Waals surface area contributed by atoms with Crippen LogP contribution in [-0.2, 0) is 21.7 Å². The van der Waals surface area contributed by atoms with E-state index in [0.717, 1.165) is 29.0 Å². The van der Waals surface area contributed by atoms with Gasteiger partial charge in [0.15, 0.2) is 0 Å². The minimum Gasteiger partial charge on any atom is -0.457 e. The van der Waals surface area contributed by atoms with Crippen LogP contribution in [0.25, 0.3) is 0 Å². The third-order valence-electron chi connectivity index (χ3n) is 15.4. The maximum Gasteiger partial charge on any atom is 0.206 e. The van der Waals surface area contributed by atoms with Gasteiger partial charge in [-0.05, 0) is 198 Å². The minimum atomic E-state index is -3.37. The first-order valence-electron chi connectivity index (χ1n) is 32.2. The summed E-state index contributed by atoms with van der Waals surface area (Å²) in [5, 5.41) is 0. The van der Waals surface area contributed by atoms with E-state index in [2.05, 4.69) is 281 Å². The average molecular weight is 1240 g/mol. The van der Waals surface area contributed by atoms with Crippen molar-refractivity contribution in [1.82, 2.24) is 0 Å². The number of rotatable bonds is 8. The predicted octanol–water partition coefficient (Wildman–Crippen LogP) is 24.4. The normalized spacial score (nSPS) is 10.3. The van der Waals surface area contributed by atoms with Crippen LogP contribution in [0.15, 0.2) is 271 Å². The maximum absolute atomic E-state index is 12.3. The summed E-state index contributed by atoms with van der Waals surface area (Å²) in [6.45, 7) is 40.1. The van der Waals surface area contributed by atoms with Gasteiger partial charge in [-0.1, -0.05) is 313 Å². The van der Waals surface area contributed by atoms with E-state index in [1.165, 1.54) is 101 Å². The highest BCUT2D eigenvalue weighted by Gasteiger charge is 2.22. The van der Waals surface area contributed by atoms with Crippen LogP contribution in [0.3, 0.4) is 0 Å². The second-order valence-corrected chi connectivity index (χ2v) is 26.8. The van der Waals surface area contributed by atoms with Gasteiger partial charge in [-0.25, -0.2) is 8.42 Å². The quantitative estimate of drug-likeness (QED) is 0.152. The Balaban J connectivity index is 0.000000231. The van der Waals surface area contributed by atoms with Crippen molar-refractivity contribution in [2.75, 3.05) is 0 Å². The fraction of sp³-hybridized carbons (Fsp3) is 0.250. The number of sulfone groups is 1. The van der Waals surface area contributed by atoms with E-state index < -0.39 is 9.84 Å². The molecule has 0 spiro atoms. The van der Waals surface area contributed by atoms with Crippen molar-refractivity contribution in [3.05, 3.63) is 367 Å². The Morgan fingerprint density at radius 2 is 0.522 bits per heavy atom. The standard InChI is InChI=1S/C17H20.C15H16.C14H14O2S.C14H14O.C9H12.2C8H10.C3H8/c1-13-5-9-15(10-6-13)17(3,4)16-11-7-14(2)8-12-16;1-12-3-7-14(8-4-12)11-15-9-5-13(2)6-10-15;1-11-3-7-13(8-4-11)17(15,16)14-9-5-12(2)6-10-14;1-11-3-7-13(8-4-11)15-14-9-5-12(2)6-10-14;1-7-5-4-6-8(2)9(7)3;1-7-3-5-8(2)6-4-7;1-7-4-3-5-8(2)6-7;1-3-2/h5-12H,1-4H3;3-10H,11H2,1-2H3;3-10H,1-2H3;3-10H,1-2H3;4-6H,1-3H3;2*3-6H,1-2H3;3H2,1-2H3. The third kappa shape index (κ3) is 27.7. The van der Waals surface area contributed by atoms with Crippen LogP contribution in [0.1, 0.15) is 140 Å². The van der Waals surface area contributed by atoms with Crippen LogP contribution >= 0.6 is 0 Å². The Morgan fingerprint density at radius 3 is 0.772 bits per heavy atom. The zero-order chi connectivity index (χ0) is 67.8. The molecule has 480 valence electrons. The molecule has 11 rings (SSSR count). The summed E-state index contributed by atoms with van der Waals surface area (Å²) in [7, 11) is -3.37. The zero-order valence-corrected chi connectivity index (χ0v) is 59.7. The molecule has 3 nitrogen and oxygen atoms in total. The fourth-order valence-corrected chi connectivity index (χ4v) is 10.3. The van der Waals surface area contributed by atoms with E-state index in [-0.39, 0.29) is 5.41 Å². The lowest BCUT2D eigenvalue weighted by Crippen LogP contribution is -2.18. The predicted molar refractivity (Wildman–Crippen MR) is 398 cm³/mol. The molecule has 0 aliphatic carbocycles. The highest BCUT2D eigenvalue weighted by atomic mass is 32.2. The van der Waals surface area contributed by atoms with E-state index in [9.17, 15) is 8.42 Å². The lowest BCUT2D eigenvalue weighted by atomic mass is 9.78. The Hall–Kier alpha value is -8.83. The van der Waals surface area contributed by atoms with Crippen molar-refractivity contribution in [1.29, 1.82) is 0 Å². The summed E-state index contributed by atoms with van der Waals surface area (Å²) >= 11 is 0. The smallest absolute Gasteiger partial charge is 0.206 e. The van der Waals surface area contributed by atoms with Crippen molar-refractivity contribution in [2.45, 2.75) is 160 Å². The topological polar surface area (TPSA) is 43.4 Å². The largest absolute Gasteiger partial charge is 0.457 e. The molecule has 0 aliphatic heterocycles. The third-order valence-corrected chi connectivity index (χ3v) is 17.2. The van der Waals surface area contributed by atoms with Gasteiger partial charge in [0.2, 0.25) is 9.84 Å². The molecule has 11 aromatic rings. The van der Waals surface area contributed by atoms with Gasteiger partial charge in [-0.15, -0.1) is 0 Å². The highest BCUT2D eigenvalue weighted by Crippen LogP contribution is 2.32. The molecule has 0 aromatic heterocycles. The van der Waals surface area contributed by atoms with Crippen LogP contribution in [0, 0.1) is 104 Å². The van der Waals surface area contributed by atoms with E-state index in [1.54, 1.807) is 48.5 Å². The molecule has 92 heavy (non-hydrogen) atoms. The van der Waals surface area contributed by atoms with Crippen molar-refractivity contribution >= 4 is 9.84 Å². The van der Waals surface area contributed by atoms with Gasteiger partial charge in [-0.3, -0.25) is 0 Å². The lowest BCUT2D eigenvalue weighted by molar-refractivity contribution is 0.482. The summed E-state index contributed by atoms with van der Waals surface area (Å²) in [5.41, 5.74) is 24.9. The molecular weight excluding hydrogens is 1140 g/mol. The first-order chi connectivity index (χ1) is 43.7. The Labute approximate surface area is 557 Å². The van der Waals surface area contributed by atoms with Gasteiger partial charge in [0.05, 0.1) is 9.79 Å². The molecule has 0 fully saturated rings. The van der Waals surface area contributed by atoms with Crippen molar-refractivity contribution < 1.29 is 13.2 Å². The zero-order valence-electron chi connectivity index (χ0n) is 58.9. The molecule has 0 atom stereocenters. The van der Waals surface area contributed by atoms with Gasteiger partial charge < -0.3 is 4.74 Å². The first-order valence-corrected chi connectivity index (χ1v) is 33.7. The molecule has 0 unspecified atom stereocenters.